The number of ether oxygens (including phenoxy) is 2. The molecule has 1 saturated heterocycles. The number of carbonyl (C=O) groups excluding carboxylic acids is 1. The molecule has 240 valence electrons. The van der Waals surface area contributed by atoms with E-state index >= 15 is 0 Å². The van der Waals surface area contributed by atoms with Crippen LogP contribution in [-0.2, 0) is 4.79 Å². The van der Waals surface area contributed by atoms with Crippen LogP contribution >= 0.6 is 0 Å². The number of ketones is 1. The summed E-state index contributed by atoms with van der Waals surface area (Å²) in [6.07, 6.45) is 14.3. The number of rotatable bonds is 13. The Labute approximate surface area is 270 Å². The quantitative estimate of drug-likeness (QED) is 0.0703. The van der Waals surface area contributed by atoms with Crippen molar-refractivity contribution in [2.75, 3.05) is 43.5 Å². The first-order valence-corrected chi connectivity index (χ1v) is 15.7. The topological polar surface area (TPSA) is 138 Å². The Hall–Kier alpha value is -4.90. The van der Waals surface area contributed by atoms with E-state index in [-0.39, 0.29) is 5.78 Å². The molecule has 4 heterocycles. The highest BCUT2D eigenvalue weighted by Crippen LogP contribution is 2.39. The van der Waals surface area contributed by atoms with Gasteiger partial charge in [-0.05, 0) is 87.6 Å². The van der Waals surface area contributed by atoms with Crippen LogP contribution in [0.4, 0.5) is 17.3 Å². The van der Waals surface area contributed by atoms with Gasteiger partial charge in [-0.3, -0.25) is 10.2 Å². The van der Waals surface area contributed by atoms with Crippen LogP contribution in [0, 0.1) is 31.1 Å². The largest absolute Gasteiger partial charge is 0.489 e. The molecule has 0 amide bonds. The summed E-state index contributed by atoms with van der Waals surface area (Å²) in [7, 11) is 1.87. The van der Waals surface area contributed by atoms with Gasteiger partial charge in [-0.2, -0.15) is 0 Å². The van der Waals surface area contributed by atoms with Gasteiger partial charge in [-0.15, -0.1) is 0 Å². The van der Waals surface area contributed by atoms with E-state index in [1.807, 2.05) is 45.2 Å². The van der Waals surface area contributed by atoms with Gasteiger partial charge in [0.25, 0.3) is 0 Å². The number of aromatic nitrogens is 3. The fourth-order valence-electron chi connectivity index (χ4n) is 5.96. The van der Waals surface area contributed by atoms with Gasteiger partial charge in [0, 0.05) is 49.9 Å². The number of fused-ring (bicyclic) bond motifs is 5. The molecular weight excluding hydrogens is 580 g/mol. The van der Waals surface area contributed by atoms with Crippen LogP contribution < -0.4 is 25.0 Å². The lowest BCUT2D eigenvalue weighted by Gasteiger charge is -2.25. The molecule has 5 rings (SSSR count). The van der Waals surface area contributed by atoms with Crippen LogP contribution in [0.3, 0.4) is 0 Å². The second-order valence-electron chi connectivity index (χ2n) is 11.6. The number of likely N-dealkylation sites (N-methyl/N-ethyl adjacent to an activating group) is 1. The third kappa shape index (κ3) is 7.84. The molecule has 0 radical (unpaired) electrons. The highest BCUT2D eigenvalue weighted by atomic mass is 16.5. The number of nitrogens with zero attached hydrogens (tertiary/aromatic N) is 5. The van der Waals surface area contributed by atoms with Gasteiger partial charge in [0.1, 0.15) is 29.7 Å². The summed E-state index contributed by atoms with van der Waals surface area (Å²) in [4.78, 5) is 32.7. The van der Waals surface area contributed by atoms with Crippen molar-refractivity contribution in [1.82, 2.24) is 20.3 Å². The van der Waals surface area contributed by atoms with Crippen LogP contribution in [0.5, 0.6) is 11.5 Å². The maximum absolute atomic E-state index is 12.4. The molecule has 2 unspecified atom stereocenters. The Morgan fingerprint density at radius 3 is 2.93 bits per heavy atom. The lowest BCUT2D eigenvalue weighted by molar-refractivity contribution is -0.115. The van der Waals surface area contributed by atoms with Gasteiger partial charge in [0.05, 0.1) is 12.1 Å². The van der Waals surface area contributed by atoms with E-state index in [2.05, 4.69) is 37.1 Å². The first kappa shape index (κ1) is 32.5. The molecule has 0 aliphatic carbocycles. The predicted molar refractivity (Wildman–Crippen MR) is 184 cm³/mol. The van der Waals surface area contributed by atoms with Gasteiger partial charge < -0.3 is 25.0 Å². The number of carbonyl (C=O) groups is 1. The number of hydrogen-bond donors (Lipinski definition) is 3. The Kier molecular flexibility index (Phi) is 10.9. The van der Waals surface area contributed by atoms with Crippen molar-refractivity contribution in [2.24, 2.45) is 16.8 Å². The van der Waals surface area contributed by atoms with Crippen LogP contribution in [-0.4, -0.2) is 66.6 Å². The average molecular weight is 623 g/mol. The van der Waals surface area contributed by atoms with Gasteiger partial charge in [-0.1, -0.05) is 12.7 Å². The van der Waals surface area contributed by atoms with Crippen molar-refractivity contribution in [1.29, 1.82) is 5.41 Å². The fourth-order valence-corrected chi connectivity index (χ4v) is 5.96. The SMILES string of the molecule is C=C/C(=C\C=NC=N)Oc1cc(C)c(Nc2ncnc3cc4c(nc23)N2CCCC(CCC(=O)/C=C/CNC)C(CO4)C2)cc1C. The van der Waals surface area contributed by atoms with Crippen molar-refractivity contribution >= 4 is 46.7 Å². The Balaban J connectivity index is 1.36. The van der Waals surface area contributed by atoms with E-state index in [1.165, 1.54) is 12.5 Å². The standard InChI is InChI=1S/C35H42N8O3/c1-5-28(12-14-38-21-36)46-31-17-23(2)29(16-24(31)3)41-34-33-30(39-22-40-34)18-32-35(42-33)43-15-7-8-25(26(19-43)20-45-32)10-11-27(44)9-6-13-37-4/h5-6,9,12,14,16-18,21-22,25-26,36-37H,1,7-8,10-11,13,15,19-20H2,2-4H3,(H,39,40,41)/b9-6+,28-12+,36-21?,38-14?. The van der Waals surface area contributed by atoms with E-state index in [0.29, 0.717) is 59.8 Å². The van der Waals surface area contributed by atoms with Gasteiger partial charge >= 0.3 is 0 Å². The van der Waals surface area contributed by atoms with E-state index in [9.17, 15) is 4.79 Å². The van der Waals surface area contributed by atoms with Crippen LogP contribution in [0.15, 0.2) is 66.2 Å². The molecule has 1 aromatic carbocycles. The number of allylic oxidation sites excluding steroid dienone is 3. The zero-order valence-electron chi connectivity index (χ0n) is 26.8. The average Bonchev–Trinajstić information content (AvgIpc) is 3.36. The first-order valence-electron chi connectivity index (χ1n) is 15.7. The Bertz CT molecular complexity index is 1680. The van der Waals surface area contributed by atoms with Crippen LogP contribution in [0.2, 0.25) is 0 Å². The number of aryl methyl sites for hydroxylation is 2. The molecule has 0 spiro atoms. The van der Waals surface area contributed by atoms with E-state index in [1.54, 1.807) is 18.2 Å². The minimum Gasteiger partial charge on any atom is -0.489 e. The zero-order chi connectivity index (χ0) is 32.5. The molecule has 0 saturated carbocycles. The monoisotopic (exact) mass is 622 g/mol. The molecule has 3 aromatic rings. The summed E-state index contributed by atoms with van der Waals surface area (Å²) in [5.41, 5.74) is 4.12. The summed E-state index contributed by atoms with van der Waals surface area (Å²) in [6.45, 7) is 10.8. The number of aliphatic imine (C=N–C) groups is 1. The second-order valence-corrected chi connectivity index (χ2v) is 11.6. The minimum absolute atomic E-state index is 0.178. The summed E-state index contributed by atoms with van der Waals surface area (Å²) in [5, 5.41) is 13.6. The smallest absolute Gasteiger partial charge is 0.172 e. The van der Waals surface area contributed by atoms with Gasteiger partial charge in [0.2, 0.25) is 0 Å². The zero-order valence-corrected chi connectivity index (χ0v) is 26.8. The minimum atomic E-state index is 0.178. The Morgan fingerprint density at radius 2 is 2.13 bits per heavy atom. The molecule has 2 atom stereocenters. The molecule has 1 fully saturated rings. The molecule has 46 heavy (non-hydrogen) atoms. The number of benzene rings is 1. The first-order chi connectivity index (χ1) is 22.4. The maximum atomic E-state index is 12.4. The van der Waals surface area contributed by atoms with Crippen molar-refractivity contribution in [3.05, 3.63) is 72.3 Å². The molecule has 11 nitrogen and oxygen atoms in total. The highest BCUT2D eigenvalue weighted by Gasteiger charge is 2.33. The van der Waals surface area contributed by atoms with Crippen LogP contribution in [0.25, 0.3) is 11.0 Å². The normalized spacial score (nSPS) is 18.2. The second kappa shape index (κ2) is 15.4. The van der Waals surface area contributed by atoms with Gasteiger partial charge in [0.15, 0.2) is 23.2 Å². The van der Waals surface area contributed by atoms with Crippen molar-refractivity contribution in [3.63, 3.8) is 0 Å². The lowest BCUT2D eigenvalue weighted by atomic mass is 9.85. The number of anilines is 3. The van der Waals surface area contributed by atoms with E-state index in [0.717, 1.165) is 67.1 Å². The third-order valence-corrected chi connectivity index (χ3v) is 8.42. The lowest BCUT2D eigenvalue weighted by Crippen LogP contribution is -2.31. The number of nitrogens with one attached hydrogen (secondary N) is 3. The summed E-state index contributed by atoms with van der Waals surface area (Å²) >= 11 is 0. The number of hydrogen-bond acceptors (Lipinski definition) is 10. The summed E-state index contributed by atoms with van der Waals surface area (Å²) < 4.78 is 12.4. The molecule has 3 N–H and O–H groups in total. The fraction of sp³-hybridized carbons (Fsp3) is 0.371. The summed E-state index contributed by atoms with van der Waals surface area (Å²) in [5.74, 6) is 4.27. The molecule has 2 aliphatic heterocycles. The summed E-state index contributed by atoms with van der Waals surface area (Å²) in [6, 6.07) is 5.93. The number of pyridine rings is 1. The van der Waals surface area contributed by atoms with Crippen LogP contribution in [0.1, 0.15) is 36.8 Å². The highest BCUT2D eigenvalue weighted by molar-refractivity contribution is 5.90. The van der Waals surface area contributed by atoms with E-state index < -0.39 is 0 Å². The molecule has 2 aromatic heterocycles. The molecule has 2 aliphatic rings. The molecule has 11 heteroatoms. The van der Waals surface area contributed by atoms with Crippen molar-refractivity contribution in [2.45, 2.75) is 39.5 Å². The molecule has 2 bridgehead atoms. The van der Waals surface area contributed by atoms with E-state index in [4.69, 9.17) is 19.9 Å². The van der Waals surface area contributed by atoms with Gasteiger partial charge in [-0.25, -0.2) is 19.9 Å². The van der Waals surface area contributed by atoms with Crippen molar-refractivity contribution < 1.29 is 14.3 Å². The third-order valence-electron chi connectivity index (χ3n) is 8.42. The van der Waals surface area contributed by atoms with Crippen molar-refractivity contribution in [3.8, 4) is 11.5 Å². The maximum Gasteiger partial charge on any atom is 0.172 e. The Morgan fingerprint density at radius 1 is 1.26 bits per heavy atom. The molecular formula is C35H42N8O3. The predicted octanol–water partition coefficient (Wildman–Crippen LogP) is 5.86.